The average Bonchev–Trinajstić information content (AvgIpc) is 3.17. The first-order chi connectivity index (χ1) is 16.9. The molecule has 1 aromatic carbocycles. The van der Waals surface area contributed by atoms with Gasteiger partial charge in [0, 0.05) is 43.9 Å². The summed E-state index contributed by atoms with van der Waals surface area (Å²) in [5.41, 5.74) is 1.64. The molecule has 0 radical (unpaired) electrons. The van der Waals surface area contributed by atoms with Crippen LogP contribution in [-0.4, -0.2) is 54.4 Å². The van der Waals surface area contributed by atoms with Gasteiger partial charge in [-0.2, -0.15) is 5.10 Å². The molecule has 11 nitrogen and oxygen atoms in total. The second kappa shape index (κ2) is 10.0. The molecule has 0 spiro atoms. The zero-order valence-electron chi connectivity index (χ0n) is 20.1. The van der Waals surface area contributed by atoms with Gasteiger partial charge in [-0.3, -0.25) is 14.8 Å². The fourth-order valence-electron chi connectivity index (χ4n) is 3.73. The molecule has 0 unspecified atom stereocenters. The zero-order valence-corrected chi connectivity index (χ0v) is 22.4. The van der Waals surface area contributed by atoms with E-state index in [2.05, 4.69) is 31.0 Å². The first-order valence-electron chi connectivity index (χ1n) is 11.0. The van der Waals surface area contributed by atoms with E-state index >= 15 is 0 Å². The summed E-state index contributed by atoms with van der Waals surface area (Å²) in [7, 11) is 1.78. The van der Waals surface area contributed by atoms with Crippen molar-refractivity contribution in [3.05, 3.63) is 61.7 Å². The topological polar surface area (TPSA) is 126 Å². The van der Waals surface area contributed by atoms with Gasteiger partial charge in [0.2, 0.25) is 5.75 Å². The van der Waals surface area contributed by atoms with Gasteiger partial charge in [0.1, 0.15) is 23.7 Å². The number of halogens is 2. The number of nitro groups is 1. The van der Waals surface area contributed by atoms with E-state index in [-0.39, 0.29) is 29.1 Å². The van der Waals surface area contributed by atoms with Crippen LogP contribution in [-0.2, 0) is 18.4 Å². The quantitative estimate of drug-likeness (QED) is 0.224. The van der Waals surface area contributed by atoms with Crippen molar-refractivity contribution in [3.63, 3.8) is 0 Å². The molecule has 0 atom stereocenters. The molecule has 4 rings (SSSR count). The number of aryl methyl sites for hydroxylation is 1. The van der Waals surface area contributed by atoms with Crippen molar-refractivity contribution in [1.82, 2.24) is 24.6 Å². The van der Waals surface area contributed by atoms with Crippen LogP contribution in [0.4, 0.5) is 10.5 Å². The van der Waals surface area contributed by atoms with E-state index in [0.29, 0.717) is 34.4 Å². The van der Waals surface area contributed by atoms with Crippen LogP contribution in [0, 0.1) is 10.1 Å². The number of hydrogen-bond donors (Lipinski definition) is 0. The van der Waals surface area contributed by atoms with E-state index in [1.165, 1.54) is 12.4 Å². The van der Waals surface area contributed by atoms with Gasteiger partial charge in [-0.05, 0) is 48.3 Å². The molecule has 0 N–H and O–H groups in total. The minimum atomic E-state index is -0.591. The number of nitro benzene ring substituents is 1. The van der Waals surface area contributed by atoms with Gasteiger partial charge >= 0.3 is 11.8 Å². The van der Waals surface area contributed by atoms with Crippen LogP contribution in [0.1, 0.15) is 37.8 Å². The Bertz CT molecular complexity index is 1320. The third-order valence-corrected chi connectivity index (χ3v) is 6.39. The van der Waals surface area contributed by atoms with Crippen molar-refractivity contribution in [2.24, 2.45) is 7.05 Å². The molecule has 0 bridgehead atoms. The van der Waals surface area contributed by atoms with E-state index in [0.717, 1.165) is 5.56 Å². The molecule has 36 heavy (non-hydrogen) atoms. The van der Waals surface area contributed by atoms with Crippen molar-refractivity contribution in [2.75, 3.05) is 13.1 Å². The van der Waals surface area contributed by atoms with Gasteiger partial charge in [-0.1, -0.05) is 11.6 Å². The van der Waals surface area contributed by atoms with E-state index in [1.807, 2.05) is 0 Å². The van der Waals surface area contributed by atoms with Crippen molar-refractivity contribution in [2.45, 2.75) is 38.9 Å². The fraction of sp³-hybridized carbons (Fsp3) is 0.391. The maximum Gasteiger partial charge on any atom is 0.410 e. The molecule has 190 valence electrons. The second-order valence-corrected chi connectivity index (χ2v) is 10.6. The number of nitrogens with zero attached hydrogens (tertiary/aromatic N) is 6. The first-order valence-corrected chi connectivity index (χ1v) is 12.2. The molecule has 2 aromatic heterocycles. The predicted octanol–water partition coefficient (Wildman–Crippen LogP) is 5.11. The van der Waals surface area contributed by atoms with Crippen LogP contribution in [0.25, 0.3) is 11.3 Å². The summed E-state index contributed by atoms with van der Waals surface area (Å²) in [6.07, 6.45) is 4.34. The third-order valence-electron chi connectivity index (χ3n) is 5.48. The number of carbonyl (C=O) groups excluding carboxylic acids is 1. The lowest BCUT2D eigenvalue weighted by atomic mass is 9.91. The number of aromatic nitrogens is 4. The Balaban J connectivity index is 1.54. The number of amides is 1. The fourth-order valence-corrected chi connectivity index (χ4v) is 4.50. The van der Waals surface area contributed by atoms with Crippen LogP contribution < -0.4 is 4.74 Å². The lowest BCUT2D eigenvalue weighted by Gasteiger charge is -2.40. The molecular weight excluding hydrogens is 556 g/mol. The number of likely N-dealkylation sites (tertiary alicyclic amines) is 1. The number of rotatable bonds is 6. The molecule has 3 aromatic rings. The van der Waals surface area contributed by atoms with Gasteiger partial charge in [0.15, 0.2) is 0 Å². The molecule has 1 aliphatic rings. The smallest absolute Gasteiger partial charge is 0.410 e. The van der Waals surface area contributed by atoms with Crippen LogP contribution in [0.2, 0.25) is 5.15 Å². The summed E-state index contributed by atoms with van der Waals surface area (Å²) in [5.74, 6) is -0.000141. The van der Waals surface area contributed by atoms with Crippen LogP contribution in [0.15, 0.2) is 35.3 Å². The Morgan fingerprint density at radius 2 is 2.03 bits per heavy atom. The van der Waals surface area contributed by atoms with Crippen molar-refractivity contribution < 1.29 is 19.2 Å². The predicted molar refractivity (Wildman–Crippen MR) is 135 cm³/mol. The Labute approximate surface area is 220 Å². The molecular formula is C23H24BrClN6O5. The average molecular weight is 580 g/mol. The number of carbonyl (C=O) groups is 1. The Morgan fingerprint density at radius 1 is 1.31 bits per heavy atom. The van der Waals surface area contributed by atoms with Gasteiger partial charge in [-0.15, -0.1) is 0 Å². The lowest BCUT2D eigenvalue weighted by Crippen LogP contribution is -2.50. The largest absolute Gasteiger partial charge is 0.481 e. The highest BCUT2D eigenvalue weighted by molar-refractivity contribution is 9.10. The Morgan fingerprint density at radius 3 is 2.64 bits per heavy atom. The summed E-state index contributed by atoms with van der Waals surface area (Å²) in [6, 6.07) is 3.24. The van der Waals surface area contributed by atoms with E-state index in [4.69, 9.17) is 21.1 Å². The standard InChI is InChI=1S/C23H24BrClN6O5/c1-23(2,3)36-22(32)30-9-15(10-30)13-5-17(24)20(18(6-13)31(33)34)35-11-16-19(26-12-27-21(16)25)14-7-28-29(4)8-14/h5-8,12,15H,9-11H2,1-4H3. The molecule has 1 fully saturated rings. The maximum atomic E-state index is 12.2. The highest BCUT2D eigenvalue weighted by Gasteiger charge is 2.36. The number of ether oxygens (including phenoxy) is 2. The van der Waals surface area contributed by atoms with Crippen LogP contribution in [0.5, 0.6) is 5.75 Å². The van der Waals surface area contributed by atoms with Gasteiger partial charge < -0.3 is 14.4 Å². The van der Waals surface area contributed by atoms with Crippen molar-refractivity contribution >= 4 is 39.3 Å². The van der Waals surface area contributed by atoms with E-state index in [1.54, 1.807) is 55.9 Å². The van der Waals surface area contributed by atoms with E-state index in [9.17, 15) is 14.9 Å². The third kappa shape index (κ3) is 5.59. The summed E-state index contributed by atoms with van der Waals surface area (Å²) < 4.78 is 13.3. The molecule has 0 aliphatic carbocycles. The number of benzene rings is 1. The molecule has 1 saturated heterocycles. The maximum absolute atomic E-state index is 12.2. The zero-order chi connectivity index (χ0) is 26.2. The minimum absolute atomic E-state index is 0.0594. The monoisotopic (exact) mass is 578 g/mol. The first kappa shape index (κ1) is 25.8. The van der Waals surface area contributed by atoms with Crippen molar-refractivity contribution in [1.29, 1.82) is 0 Å². The van der Waals surface area contributed by atoms with Crippen molar-refractivity contribution in [3.8, 4) is 17.0 Å². The van der Waals surface area contributed by atoms with Gasteiger partial charge in [-0.25, -0.2) is 14.8 Å². The molecule has 1 amide bonds. The molecule has 1 aliphatic heterocycles. The number of hydrogen-bond acceptors (Lipinski definition) is 8. The second-order valence-electron chi connectivity index (χ2n) is 9.37. The summed E-state index contributed by atoms with van der Waals surface area (Å²) in [6.45, 7) is 6.12. The van der Waals surface area contributed by atoms with Crippen LogP contribution >= 0.6 is 27.5 Å². The minimum Gasteiger partial charge on any atom is -0.481 e. The molecule has 3 heterocycles. The summed E-state index contributed by atoms with van der Waals surface area (Å²) in [4.78, 5) is 33.5. The Kier molecular flexibility index (Phi) is 7.19. The SMILES string of the molecule is Cn1cc(-c2ncnc(Cl)c2COc2c(Br)cc(C3CN(C(=O)OC(C)(C)C)C3)cc2[N+](=O)[O-])cn1. The highest BCUT2D eigenvalue weighted by Crippen LogP contribution is 2.41. The van der Waals surface area contributed by atoms with Gasteiger partial charge in [0.05, 0.1) is 26.9 Å². The molecule has 13 heteroatoms. The summed E-state index contributed by atoms with van der Waals surface area (Å²) >= 11 is 9.74. The lowest BCUT2D eigenvalue weighted by molar-refractivity contribution is -0.386. The summed E-state index contributed by atoms with van der Waals surface area (Å²) in [5, 5.41) is 16.2. The Hall–Kier alpha value is -3.25. The normalized spacial score (nSPS) is 13.9. The van der Waals surface area contributed by atoms with Crippen LogP contribution in [0.3, 0.4) is 0 Å². The highest BCUT2D eigenvalue weighted by atomic mass is 79.9. The van der Waals surface area contributed by atoms with E-state index < -0.39 is 16.6 Å². The van der Waals surface area contributed by atoms with Gasteiger partial charge in [0.25, 0.3) is 0 Å². The molecule has 0 saturated carbocycles.